The maximum atomic E-state index is 12.9. The lowest BCUT2D eigenvalue weighted by Crippen LogP contribution is -2.36. The standard InChI is InChI=1S/C14H18O5S/c1-3-12-14(13(19-14)11(8-15)18-12)20(16,17)10-6-4-9(2)5-7-10/h4-7,11-13,15H,3,8H2,1-2H3/t11-,12-,13-,14-/m0/s1. The van der Waals surface area contributed by atoms with Gasteiger partial charge in [0.25, 0.3) is 0 Å². The number of hydrogen-bond acceptors (Lipinski definition) is 5. The Morgan fingerprint density at radius 3 is 2.50 bits per heavy atom. The predicted octanol–water partition coefficient (Wildman–Crippen LogP) is 1.03. The van der Waals surface area contributed by atoms with Crippen molar-refractivity contribution in [1.82, 2.24) is 0 Å². The lowest BCUT2D eigenvalue weighted by atomic mass is 10.1. The Morgan fingerprint density at radius 2 is 1.95 bits per heavy atom. The molecule has 6 heteroatoms. The lowest BCUT2D eigenvalue weighted by Gasteiger charge is -2.20. The van der Waals surface area contributed by atoms with Crippen molar-refractivity contribution in [1.29, 1.82) is 0 Å². The largest absolute Gasteiger partial charge is 0.394 e. The lowest BCUT2D eigenvalue weighted by molar-refractivity contribution is -0.0581. The zero-order valence-corrected chi connectivity index (χ0v) is 12.3. The van der Waals surface area contributed by atoms with Crippen molar-refractivity contribution < 1.29 is 23.0 Å². The van der Waals surface area contributed by atoms with Gasteiger partial charge in [-0.2, -0.15) is 0 Å². The second-order valence-electron chi connectivity index (χ2n) is 5.33. The molecule has 5 nitrogen and oxygen atoms in total. The SMILES string of the molecule is CC[C@@H]1O[C@@H](CO)[C@@H]2O[C@]12S(=O)(=O)c1ccc(C)cc1. The Bertz CT molecular complexity index is 609. The monoisotopic (exact) mass is 298 g/mol. The zero-order valence-electron chi connectivity index (χ0n) is 11.4. The van der Waals surface area contributed by atoms with E-state index in [2.05, 4.69) is 0 Å². The number of sulfone groups is 1. The molecule has 3 rings (SSSR count). The molecule has 0 amide bonds. The number of fused-ring (bicyclic) bond motifs is 1. The van der Waals surface area contributed by atoms with E-state index in [1.807, 2.05) is 13.8 Å². The molecule has 0 radical (unpaired) electrons. The van der Waals surface area contributed by atoms with Gasteiger partial charge in [-0.1, -0.05) is 24.6 Å². The van der Waals surface area contributed by atoms with Crippen LogP contribution in [0, 0.1) is 6.92 Å². The van der Waals surface area contributed by atoms with Crippen LogP contribution < -0.4 is 0 Å². The molecule has 2 fully saturated rings. The van der Waals surface area contributed by atoms with Crippen LogP contribution in [0.4, 0.5) is 0 Å². The first-order valence-electron chi connectivity index (χ1n) is 6.72. The number of aryl methyl sites for hydroxylation is 1. The first-order valence-corrected chi connectivity index (χ1v) is 8.21. The molecule has 0 bridgehead atoms. The van der Waals surface area contributed by atoms with E-state index in [9.17, 15) is 13.5 Å². The van der Waals surface area contributed by atoms with Crippen molar-refractivity contribution in [3.8, 4) is 0 Å². The second kappa shape index (κ2) is 4.53. The van der Waals surface area contributed by atoms with Gasteiger partial charge >= 0.3 is 0 Å². The molecule has 4 atom stereocenters. The molecular weight excluding hydrogens is 280 g/mol. The zero-order chi connectivity index (χ0) is 14.5. The number of rotatable bonds is 4. The summed E-state index contributed by atoms with van der Waals surface area (Å²) in [5, 5.41) is 9.26. The fourth-order valence-corrected chi connectivity index (χ4v) is 5.07. The van der Waals surface area contributed by atoms with Gasteiger partial charge < -0.3 is 14.6 Å². The fraction of sp³-hybridized carbons (Fsp3) is 0.571. The van der Waals surface area contributed by atoms with Gasteiger partial charge in [-0.25, -0.2) is 8.42 Å². The van der Waals surface area contributed by atoms with Crippen LogP contribution in [0.3, 0.4) is 0 Å². The van der Waals surface area contributed by atoms with Gasteiger partial charge in [0.1, 0.15) is 18.3 Å². The molecule has 0 spiro atoms. The van der Waals surface area contributed by atoms with Gasteiger partial charge in [0.05, 0.1) is 11.5 Å². The van der Waals surface area contributed by atoms with E-state index in [4.69, 9.17) is 9.47 Å². The van der Waals surface area contributed by atoms with Crippen LogP contribution in [-0.4, -0.2) is 43.4 Å². The predicted molar refractivity (Wildman–Crippen MR) is 72.0 cm³/mol. The molecule has 2 aliphatic rings. The molecule has 0 saturated carbocycles. The maximum Gasteiger partial charge on any atom is 0.228 e. The fourth-order valence-electron chi connectivity index (χ4n) is 2.95. The third-order valence-corrected chi connectivity index (χ3v) is 6.40. The van der Waals surface area contributed by atoms with Gasteiger partial charge in [-0.3, -0.25) is 0 Å². The highest BCUT2D eigenvalue weighted by molar-refractivity contribution is 7.93. The van der Waals surface area contributed by atoms with E-state index in [-0.39, 0.29) is 11.5 Å². The molecule has 1 aromatic carbocycles. The van der Waals surface area contributed by atoms with Crippen molar-refractivity contribution in [2.24, 2.45) is 0 Å². The molecule has 1 aromatic rings. The summed E-state index contributed by atoms with van der Waals surface area (Å²) in [6, 6.07) is 6.72. The Morgan fingerprint density at radius 1 is 1.30 bits per heavy atom. The van der Waals surface area contributed by atoms with Gasteiger partial charge in [0.15, 0.2) is 0 Å². The average molecular weight is 298 g/mol. The molecule has 110 valence electrons. The molecular formula is C14H18O5S. The summed E-state index contributed by atoms with van der Waals surface area (Å²) in [7, 11) is -3.64. The topological polar surface area (TPSA) is 76.1 Å². The van der Waals surface area contributed by atoms with Gasteiger partial charge in [-0.15, -0.1) is 0 Å². The molecule has 1 N–H and O–H groups in total. The van der Waals surface area contributed by atoms with Crippen molar-refractivity contribution in [2.45, 2.75) is 48.4 Å². The molecule has 2 heterocycles. The molecule has 0 aliphatic carbocycles. The molecule has 0 aromatic heterocycles. The summed E-state index contributed by atoms with van der Waals surface area (Å²) >= 11 is 0. The van der Waals surface area contributed by atoms with E-state index in [0.29, 0.717) is 6.42 Å². The minimum Gasteiger partial charge on any atom is -0.394 e. The van der Waals surface area contributed by atoms with E-state index in [1.54, 1.807) is 24.3 Å². The van der Waals surface area contributed by atoms with Crippen LogP contribution in [0.1, 0.15) is 18.9 Å². The molecule has 2 aliphatic heterocycles. The minimum atomic E-state index is -3.64. The third-order valence-electron chi connectivity index (χ3n) is 4.08. The van der Waals surface area contributed by atoms with E-state index >= 15 is 0 Å². The Kier molecular flexibility index (Phi) is 3.17. The summed E-state index contributed by atoms with van der Waals surface area (Å²) in [5.41, 5.74) is 0.998. The number of ether oxygens (including phenoxy) is 2. The Hall–Kier alpha value is -0.950. The normalized spacial score (nSPS) is 35.9. The molecule has 2 saturated heterocycles. The first-order chi connectivity index (χ1) is 9.47. The number of hydrogen-bond donors (Lipinski definition) is 1. The van der Waals surface area contributed by atoms with Crippen LogP contribution in [0.5, 0.6) is 0 Å². The van der Waals surface area contributed by atoms with Crippen LogP contribution in [0.25, 0.3) is 0 Å². The Labute approximate surface area is 118 Å². The van der Waals surface area contributed by atoms with Crippen LogP contribution in [0.2, 0.25) is 0 Å². The van der Waals surface area contributed by atoms with E-state index < -0.39 is 33.1 Å². The van der Waals surface area contributed by atoms with Crippen molar-refractivity contribution in [3.63, 3.8) is 0 Å². The summed E-state index contributed by atoms with van der Waals surface area (Å²) < 4.78 is 36.8. The van der Waals surface area contributed by atoms with Crippen LogP contribution in [0.15, 0.2) is 29.2 Å². The summed E-state index contributed by atoms with van der Waals surface area (Å²) in [6.45, 7) is 3.53. The summed E-state index contributed by atoms with van der Waals surface area (Å²) in [4.78, 5) is -1.07. The smallest absolute Gasteiger partial charge is 0.228 e. The number of epoxide rings is 1. The highest BCUT2D eigenvalue weighted by Gasteiger charge is 2.78. The van der Waals surface area contributed by atoms with Crippen LogP contribution >= 0.6 is 0 Å². The van der Waals surface area contributed by atoms with E-state index in [0.717, 1.165) is 5.56 Å². The van der Waals surface area contributed by atoms with Crippen LogP contribution in [-0.2, 0) is 19.3 Å². The molecule has 20 heavy (non-hydrogen) atoms. The van der Waals surface area contributed by atoms with Crippen molar-refractivity contribution in [3.05, 3.63) is 29.8 Å². The Balaban J connectivity index is 2.02. The summed E-state index contributed by atoms with van der Waals surface area (Å²) in [6.07, 6.45) is -1.13. The van der Waals surface area contributed by atoms with Crippen molar-refractivity contribution in [2.75, 3.05) is 6.61 Å². The number of aliphatic hydroxyl groups is 1. The quantitative estimate of drug-likeness (QED) is 0.840. The number of benzene rings is 1. The second-order valence-corrected chi connectivity index (χ2v) is 7.45. The van der Waals surface area contributed by atoms with Gasteiger partial charge in [0, 0.05) is 0 Å². The van der Waals surface area contributed by atoms with E-state index in [1.165, 1.54) is 0 Å². The van der Waals surface area contributed by atoms with Gasteiger partial charge in [0.2, 0.25) is 14.8 Å². The highest BCUT2D eigenvalue weighted by Crippen LogP contribution is 2.56. The average Bonchev–Trinajstić information content (AvgIpc) is 3.11. The minimum absolute atomic E-state index is 0.230. The maximum absolute atomic E-state index is 12.9. The third kappa shape index (κ3) is 1.69. The van der Waals surface area contributed by atoms with Crippen molar-refractivity contribution >= 4 is 9.84 Å². The summed E-state index contributed by atoms with van der Waals surface area (Å²) in [5.74, 6) is 0. The molecule has 0 unspecified atom stereocenters. The first kappa shape index (κ1) is 14.0. The highest BCUT2D eigenvalue weighted by atomic mass is 32.2. The van der Waals surface area contributed by atoms with Gasteiger partial charge in [-0.05, 0) is 25.5 Å². The number of aliphatic hydroxyl groups excluding tert-OH is 1.